The van der Waals surface area contributed by atoms with Crippen LogP contribution in [-0.2, 0) is 52.8 Å². The van der Waals surface area contributed by atoms with Gasteiger partial charge in [0.1, 0.15) is 18.1 Å². The third-order valence-corrected chi connectivity index (χ3v) is 15.3. The van der Waals surface area contributed by atoms with Crippen LogP contribution in [0.5, 0.6) is 0 Å². The molecule has 0 aliphatic carbocycles. The Balaban J connectivity index is 1.20. The number of aromatic nitrogens is 2. The van der Waals surface area contributed by atoms with Gasteiger partial charge in [0.15, 0.2) is 0 Å². The second kappa shape index (κ2) is 21.9. The fourth-order valence-electron chi connectivity index (χ4n) is 11.2. The first-order valence-corrected chi connectivity index (χ1v) is 25.8. The van der Waals surface area contributed by atoms with Crippen LogP contribution in [0.4, 0.5) is 5.69 Å². The molecule has 6 bridgehead atoms. The molecule has 8 rings (SSSR count). The van der Waals surface area contributed by atoms with E-state index in [0.29, 0.717) is 45.3 Å². The van der Waals surface area contributed by atoms with Gasteiger partial charge in [-0.05, 0) is 99.0 Å². The van der Waals surface area contributed by atoms with E-state index in [1.165, 1.54) is 16.0 Å². The third-order valence-electron chi connectivity index (χ3n) is 15.3. The molecule has 2 aromatic heterocycles. The highest BCUT2D eigenvalue weighted by atomic mass is 16.5. The molecule has 0 saturated carbocycles. The van der Waals surface area contributed by atoms with Gasteiger partial charge in [-0.15, -0.1) is 0 Å². The number of carbonyl (C=O) groups is 5. The summed E-state index contributed by atoms with van der Waals surface area (Å²) in [6.07, 6.45) is 5.15. The zero-order chi connectivity index (χ0) is 51.6. The van der Waals surface area contributed by atoms with Gasteiger partial charge in [0.2, 0.25) is 17.7 Å². The largest absolute Gasteiger partial charge is 0.464 e. The number of cyclic esters (lactones) is 1. The molecule has 6 heterocycles. The summed E-state index contributed by atoms with van der Waals surface area (Å²) in [5.41, 5.74) is 11.6. The molecular weight excluding hydrogens is 911 g/mol. The summed E-state index contributed by atoms with van der Waals surface area (Å²) >= 11 is 0. The van der Waals surface area contributed by atoms with Crippen molar-refractivity contribution in [2.45, 2.75) is 104 Å². The number of amides is 4. The lowest BCUT2D eigenvalue weighted by Crippen LogP contribution is -2.62. The number of rotatable bonds is 11. The van der Waals surface area contributed by atoms with Crippen molar-refractivity contribution in [1.82, 2.24) is 40.0 Å². The van der Waals surface area contributed by atoms with Gasteiger partial charge in [0, 0.05) is 94.8 Å². The topological polar surface area (TPSA) is 162 Å². The van der Waals surface area contributed by atoms with Crippen LogP contribution in [0, 0.1) is 17.3 Å². The summed E-state index contributed by atoms with van der Waals surface area (Å²) in [4.78, 5) is 82.8. The SMILES string of the molecule is C=CC(=O)N1CC[C@H](C(=O)N(C)[C@H](C(=O)N[C@H]2Cc3cccc(c3)-c3ccc4c(c3)c(c(-c3cc(N5CCN(C)CC5)cnc3[C@H](C)OC)n4CC)CC(C)(C)COC(=O)[C@@H]3CCCN(N3)C2=O)C(C)C)C1. The number of fused-ring (bicyclic) bond motifs is 6. The van der Waals surface area contributed by atoms with Crippen LogP contribution >= 0.6 is 0 Å². The van der Waals surface area contributed by atoms with Crippen LogP contribution in [0.25, 0.3) is 33.3 Å². The van der Waals surface area contributed by atoms with Crippen LogP contribution in [-0.4, -0.2) is 151 Å². The number of methoxy groups -OCH3 is 1. The monoisotopic (exact) mass is 986 g/mol. The summed E-state index contributed by atoms with van der Waals surface area (Å²) < 4.78 is 14.6. The Labute approximate surface area is 425 Å². The fourth-order valence-corrected chi connectivity index (χ4v) is 11.2. The van der Waals surface area contributed by atoms with Crippen LogP contribution < -0.4 is 15.6 Å². The van der Waals surface area contributed by atoms with Gasteiger partial charge in [0.25, 0.3) is 5.91 Å². The Morgan fingerprint density at radius 1 is 1.01 bits per heavy atom. The van der Waals surface area contributed by atoms with Gasteiger partial charge in [-0.3, -0.25) is 34.0 Å². The molecule has 5 atom stereocenters. The number of hydrogen-bond donors (Lipinski definition) is 2. The third kappa shape index (κ3) is 11.0. The molecule has 4 aliphatic rings. The molecule has 0 spiro atoms. The summed E-state index contributed by atoms with van der Waals surface area (Å²) in [6, 6.07) is 14.2. The molecule has 4 aliphatic heterocycles. The molecule has 2 N–H and O–H groups in total. The van der Waals surface area contributed by atoms with Crippen molar-refractivity contribution in [1.29, 1.82) is 0 Å². The van der Waals surface area contributed by atoms with Gasteiger partial charge in [-0.25, -0.2) is 5.43 Å². The summed E-state index contributed by atoms with van der Waals surface area (Å²) in [6.45, 7) is 21.3. The molecule has 3 fully saturated rings. The summed E-state index contributed by atoms with van der Waals surface area (Å²) in [7, 11) is 5.49. The zero-order valence-corrected chi connectivity index (χ0v) is 43.8. The van der Waals surface area contributed by atoms with E-state index in [-0.39, 0.29) is 43.4 Å². The number of piperazine rings is 1. The number of ether oxygens (including phenoxy) is 2. The minimum absolute atomic E-state index is 0.129. The van der Waals surface area contributed by atoms with Crippen molar-refractivity contribution in [2.75, 3.05) is 78.5 Å². The van der Waals surface area contributed by atoms with E-state index in [1.807, 2.05) is 39.1 Å². The number of likely N-dealkylation sites (N-methyl/N-ethyl adjacent to an activating group) is 2. The van der Waals surface area contributed by atoms with E-state index in [0.717, 1.165) is 82.0 Å². The number of hydrogen-bond acceptors (Lipinski definition) is 11. The number of carbonyl (C=O) groups excluding carboxylic acids is 5. The van der Waals surface area contributed by atoms with Gasteiger partial charge in [0.05, 0.1) is 41.9 Å². The summed E-state index contributed by atoms with van der Waals surface area (Å²) in [5, 5.41) is 5.61. The van der Waals surface area contributed by atoms with E-state index in [4.69, 9.17) is 14.5 Å². The number of nitrogens with one attached hydrogen (secondary N) is 2. The number of likely N-dealkylation sites (tertiary alicyclic amines) is 1. The lowest BCUT2D eigenvalue weighted by Gasteiger charge is -2.37. The predicted octanol–water partition coefficient (Wildman–Crippen LogP) is 6.02. The lowest BCUT2D eigenvalue weighted by molar-refractivity contribution is -0.155. The minimum atomic E-state index is -1.06. The van der Waals surface area contributed by atoms with Gasteiger partial charge >= 0.3 is 5.97 Å². The molecule has 16 nitrogen and oxygen atoms in total. The lowest BCUT2D eigenvalue weighted by atomic mass is 9.84. The molecule has 0 unspecified atom stereocenters. The van der Waals surface area contributed by atoms with Crippen molar-refractivity contribution in [3.63, 3.8) is 0 Å². The molecule has 386 valence electrons. The molecule has 2 aromatic carbocycles. The normalized spacial score (nSPS) is 21.8. The Morgan fingerprint density at radius 3 is 2.47 bits per heavy atom. The minimum Gasteiger partial charge on any atom is -0.464 e. The number of aryl methyl sites for hydroxylation is 1. The van der Waals surface area contributed by atoms with Crippen LogP contribution in [0.15, 0.2) is 67.4 Å². The molecule has 4 amide bonds. The zero-order valence-electron chi connectivity index (χ0n) is 43.8. The maximum atomic E-state index is 14.8. The van der Waals surface area contributed by atoms with Crippen LogP contribution in [0.1, 0.15) is 83.7 Å². The van der Waals surface area contributed by atoms with Crippen LogP contribution in [0.2, 0.25) is 0 Å². The maximum absolute atomic E-state index is 14.8. The average molecular weight is 986 g/mol. The standard InChI is InChI=1S/C56H75N9O7/c1-11-48(66)63-22-20-40(33-63)53(68)61(9)50(35(3)4)52(67)58-46-28-37-15-13-16-38(27-37)39-18-19-47-42(29-39)44(31-56(6,7)34-72-55(70)45-17-14-21-65(59-45)54(46)69)51(64(47)12-2)43-30-41(32-57-49(43)36(5)71-10)62-25-23-60(8)24-26-62/h11,13,15-16,18-19,27,29-30,32,35-36,40,45-46,50,59H,1,12,14,17,20-26,28,31,33-34H2,2-10H3,(H,58,67)/t36-,40-,45-,46-,50-/m0/s1. The van der Waals surface area contributed by atoms with E-state index < -0.39 is 47.2 Å². The highest BCUT2D eigenvalue weighted by Crippen LogP contribution is 2.43. The average Bonchev–Trinajstić information content (AvgIpc) is 3.99. The second-order valence-electron chi connectivity index (χ2n) is 21.4. The smallest absolute Gasteiger partial charge is 0.324 e. The fraction of sp³-hybridized carbons (Fsp3) is 0.536. The van der Waals surface area contributed by atoms with Gasteiger partial charge < -0.3 is 39.0 Å². The molecule has 72 heavy (non-hydrogen) atoms. The van der Waals surface area contributed by atoms with Gasteiger partial charge in [-0.2, -0.15) is 0 Å². The molecule has 4 aromatic rings. The number of nitrogens with zero attached hydrogens (tertiary/aromatic N) is 7. The first kappa shape index (κ1) is 52.2. The highest BCUT2D eigenvalue weighted by molar-refractivity contribution is 5.96. The molecule has 16 heteroatoms. The number of hydrazine groups is 1. The van der Waals surface area contributed by atoms with E-state index >= 15 is 0 Å². The maximum Gasteiger partial charge on any atom is 0.324 e. The second-order valence-corrected chi connectivity index (χ2v) is 21.4. The Morgan fingerprint density at radius 2 is 1.76 bits per heavy atom. The summed E-state index contributed by atoms with van der Waals surface area (Å²) in [5.74, 6) is -2.57. The first-order chi connectivity index (χ1) is 34.4. The van der Waals surface area contributed by atoms with Crippen molar-refractivity contribution in [2.24, 2.45) is 17.3 Å². The van der Waals surface area contributed by atoms with E-state index in [9.17, 15) is 24.0 Å². The van der Waals surface area contributed by atoms with Gasteiger partial charge in [-0.1, -0.05) is 64.6 Å². The molecule has 0 radical (unpaired) electrons. The quantitative estimate of drug-likeness (QED) is 0.134. The predicted molar refractivity (Wildman–Crippen MR) is 280 cm³/mol. The number of pyridine rings is 1. The molecule has 3 saturated heterocycles. The molecular formula is C56H75N9O7. The highest BCUT2D eigenvalue weighted by Gasteiger charge is 2.40. The van der Waals surface area contributed by atoms with Crippen LogP contribution in [0.3, 0.4) is 0 Å². The van der Waals surface area contributed by atoms with Crippen molar-refractivity contribution >= 4 is 46.2 Å². The Bertz CT molecular complexity index is 2690. The number of benzene rings is 2. The van der Waals surface area contributed by atoms with Crippen molar-refractivity contribution in [3.8, 4) is 22.4 Å². The number of anilines is 1. The van der Waals surface area contributed by atoms with Crippen molar-refractivity contribution < 1.29 is 33.4 Å². The van der Waals surface area contributed by atoms with E-state index in [1.54, 1.807) is 19.1 Å². The number of esters is 1. The first-order valence-electron chi connectivity index (χ1n) is 25.8. The van der Waals surface area contributed by atoms with Crippen molar-refractivity contribution in [3.05, 3.63) is 84.2 Å². The Hall–Kier alpha value is -6.10. The Kier molecular flexibility index (Phi) is 15.9. The van der Waals surface area contributed by atoms with E-state index in [2.05, 4.69) is 95.9 Å².